The van der Waals surface area contributed by atoms with E-state index in [1.165, 1.54) is 18.2 Å². The van der Waals surface area contributed by atoms with Gasteiger partial charge < -0.3 is 4.74 Å². The average molecular weight is 393 g/mol. The number of ether oxygens (including phenoxy) is 1. The Kier molecular flexibility index (Phi) is 5.62. The van der Waals surface area contributed by atoms with E-state index in [4.69, 9.17) is 9.88 Å². The van der Waals surface area contributed by atoms with Crippen molar-refractivity contribution in [3.05, 3.63) is 65.2 Å². The maximum Gasteiger partial charge on any atom is 0.240 e. The molecule has 1 aliphatic carbocycles. The third-order valence-electron chi connectivity index (χ3n) is 4.71. The Morgan fingerprint density at radius 1 is 1.19 bits per heavy atom. The monoisotopic (exact) mass is 393 g/mol. The van der Waals surface area contributed by atoms with Crippen LogP contribution in [0.1, 0.15) is 30.4 Å². The number of hydrogen-bond donors (Lipinski definition) is 1. The SMILES string of the molecule is Cc1cc(S(N)(=O)=O)c(F)cc1OCC1CCCC=C1c1ccc(F)cc1. The summed E-state index contributed by atoms with van der Waals surface area (Å²) in [6.45, 7) is 1.96. The number of primary sulfonamides is 1. The van der Waals surface area contributed by atoms with E-state index in [0.29, 0.717) is 12.2 Å². The Hall–Kier alpha value is -2.25. The lowest BCUT2D eigenvalue weighted by molar-refractivity contribution is 0.265. The fraction of sp³-hybridized carbons (Fsp3) is 0.300. The number of sulfonamides is 1. The minimum atomic E-state index is -4.13. The van der Waals surface area contributed by atoms with Gasteiger partial charge in [0.2, 0.25) is 10.0 Å². The maximum absolute atomic E-state index is 14.1. The van der Waals surface area contributed by atoms with Gasteiger partial charge in [0, 0.05) is 12.0 Å². The highest BCUT2D eigenvalue weighted by Crippen LogP contribution is 2.34. The van der Waals surface area contributed by atoms with Crippen molar-refractivity contribution < 1.29 is 21.9 Å². The molecule has 1 atom stereocenters. The molecule has 7 heteroatoms. The molecule has 2 N–H and O–H groups in total. The predicted octanol–water partition coefficient (Wildman–Crippen LogP) is 4.18. The van der Waals surface area contributed by atoms with Crippen molar-refractivity contribution in [3.8, 4) is 5.75 Å². The van der Waals surface area contributed by atoms with Crippen LogP contribution in [0.3, 0.4) is 0 Å². The zero-order chi connectivity index (χ0) is 19.6. The molecule has 0 amide bonds. The van der Waals surface area contributed by atoms with Gasteiger partial charge >= 0.3 is 0 Å². The molecule has 4 nitrogen and oxygen atoms in total. The normalized spacial score (nSPS) is 17.5. The summed E-state index contributed by atoms with van der Waals surface area (Å²) in [6, 6.07) is 8.57. The van der Waals surface area contributed by atoms with Crippen molar-refractivity contribution in [1.82, 2.24) is 0 Å². The molecule has 0 fully saturated rings. The maximum atomic E-state index is 14.1. The highest BCUT2D eigenvalue weighted by atomic mass is 32.2. The minimum Gasteiger partial charge on any atom is -0.493 e. The van der Waals surface area contributed by atoms with E-state index in [1.54, 1.807) is 19.1 Å². The van der Waals surface area contributed by atoms with Gasteiger partial charge in [0.25, 0.3) is 0 Å². The molecule has 0 aliphatic heterocycles. The van der Waals surface area contributed by atoms with Crippen LogP contribution < -0.4 is 9.88 Å². The van der Waals surface area contributed by atoms with Crippen LogP contribution in [0, 0.1) is 24.5 Å². The van der Waals surface area contributed by atoms with E-state index in [2.05, 4.69) is 6.08 Å². The standard InChI is InChI=1S/C20H21F2NO3S/c1-13-10-20(27(23,24)25)18(22)11-19(13)26-12-15-4-2-3-5-17(15)14-6-8-16(21)9-7-14/h5-11,15H,2-4,12H2,1H3,(H2,23,24,25). The first-order chi connectivity index (χ1) is 12.8. The largest absolute Gasteiger partial charge is 0.493 e. The highest BCUT2D eigenvalue weighted by molar-refractivity contribution is 7.89. The Balaban J connectivity index is 1.79. The van der Waals surface area contributed by atoms with E-state index in [-0.39, 0.29) is 17.5 Å². The molecule has 0 aromatic heterocycles. The first-order valence-electron chi connectivity index (χ1n) is 8.67. The Morgan fingerprint density at radius 2 is 1.89 bits per heavy atom. The van der Waals surface area contributed by atoms with Crippen LogP contribution >= 0.6 is 0 Å². The molecule has 1 aliphatic rings. The molecule has 2 aromatic carbocycles. The molecule has 0 heterocycles. The second-order valence-corrected chi connectivity index (χ2v) is 8.23. The number of benzene rings is 2. The van der Waals surface area contributed by atoms with E-state index in [9.17, 15) is 17.2 Å². The van der Waals surface area contributed by atoms with Crippen molar-refractivity contribution in [2.24, 2.45) is 11.1 Å². The van der Waals surface area contributed by atoms with Gasteiger partial charge in [-0.15, -0.1) is 0 Å². The molecule has 144 valence electrons. The number of nitrogens with two attached hydrogens (primary N) is 1. The summed E-state index contributed by atoms with van der Waals surface area (Å²) in [5.74, 6) is -0.853. The average Bonchev–Trinajstić information content (AvgIpc) is 2.62. The van der Waals surface area contributed by atoms with Crippen LogP contribution in [0.25, 0.3) is 5.57 Å². The Morgan fingerprint density at radius 3 is 2.56 bits per heavy atom. The van der Waals surface area contributed by atoms with Gasteiger partial charge in [-0.3, -0.25) is 0 Å². The summed E-state index contributed by atoms with van der Waals surface area (Å²) in [6.07, 6.45) is 4.98. The third kappa shape index (κ3) is 4.54. The zero-order valence-corrected chi connectivity index (χ0v) is 15.7. The molecule has 0 radical (unpaired) electrons. The zero-order valence-electron chi connectivity index (χ0n) is 14.9. The van der Waals surface area contributed by atoms with Crippen molar-refractivity contribution >= 4 is 15.6 Å². The smallest absolute Gasteiger partial charge is 0.240 e. The van der Waals surface area contributed by atoms with Gasteiger partial charge in [0.1, 0.15) is 22.3 Å². The van der Waals surface area contributed by atoms with Crippen molar-refractivity contribution in [2.75, 3.05) is 6.61 Å². The molecule has 3 rings (SSSR count). The highest BCUT2D eigenvalue weighted by Gasteiger charge is 2.22. The van der Waals surface area contributed by atoms with Crippen LogP contribution in [0.15, 0.2) is 47.4 Å². The summed E-state index contributed by atoms with van der Waals surface area (Å²) >= 11 is 0. The van der Waals surface area contributed by atoms with Gasteiger partial charge in [-0.05, 0) is 61.1 Å². The molecular formula is C20H21F2NO3S. The van der Waals surface area contributed by atoms with E-state index in [1.807, 2.05) is 0 Å². The lowest BCUT2D eigenvalue weighted by Crippen LogP contribution is -2.18. The van der Waals surface area contributed by atoms with Crippen molar-refractivity contribution in [2.45, 2.75) is 31.1 Å². The van der Waals surface area contributed by atoms with E-state index in [0.717, 1.165) is 36.5 Å². The number of halogens is 2. The molecular weight excluding hydrogens is 372 g/mol. The first kappa shape index (κ1) is 19.5. The third-order valence-corrected chi connectivity index (χ3v) is 5.64. The Labute approximate surface area is 157 Å². The number of rotatable bonds is 5. The fourth-order valence-corrected chi connectivity index (χ4v) is 3.99. The van der Waals surface area contributed by atoms with Crippen LogP contribution in [0.2, 0.25) is 0 Å². The summed E-state index contributed by atoms with van der Waals surface area (Å²) in [5.41, 5.74) is 2.52. The molecule has 0 bridgehead atoms. The van der Waals surface area contributed by atoms with Gasteiger partial charge in [0.05, 0.1) is 6.61 Å². The quantitative estimate of drug-likeness (QED) is 0.828. The lowest BCUT2D eigenvalue weighted by atomic mass is 9.84. The summed E-state index contributed by atoms with van der Waals surface area (Å²) in [4.78, 5) is -0.545. The van der Waals surface area contributed by atoms with Crippen LogP contribution in [-0.2, 0) is 10.0 Å². The molecule has 0 saturated heterocycles. The van der Waals surface area contributed by atoms with Crippen molar-refractivity contribution in [1.29, 1.82) is 0 Å². The summed E-state index contributed by atoms with van der Waals surface area (Å²) < 4.78 is 55.9. The van der Waals surface area contributed by atoms with Crippen LogP contribution in [0.5, 0.6) is 5.75 Å². The molecule has 0 saturated carbocycles. The second-order valence-electron chi connectivity index (χ2n) is 6.70. The van der Waals surface area contributed by atoms with E-state index < -0.39 is 20.7 Å². The first-order valence-corrected chi connectivity index (χ1v) is 10.2. The van der Waals surface area contributed by atoms with Crippen molar-refractivity contribution in [3.63, 3.8) is 0 Å². The fourth-order valence-electron chi connectivity index (χ4n) is 3.31. The van der Waals surface area contributed by atoms with Crippen LogP contribution in [0.4, 0.5) is 8.78 Å². The number of hydrogen-bond acceptors (Lipinski definition) is 3. The van der Waals surface area contributed by atoms with Gasteiger partial charge in [-0.2, -0.15) is 0 Å². The second kappa shape index (κ2) is 7.78. The lowest BCUT2D eigenvalue weighted by Gasteiger charge is -2.25. The molecule has 27 heavy (non-hydrogen) atoms. The number of aryl methyl sites for hydroxylation is 1. The molecule has 2 aromatic rings. The van der Waals surface area contributed by atoms with Crippen LogP contribution in [-0.4, -0.2) is 15.0 Å². The summed E-state index contributed by atoms with van der Waals surface area (Å²) in [7, 11) is -4.13. The Bertz CT molecular complexity index is 969. The van der Waals surface area contributed by atoms with Gasteiger partial charge in [-0.25, -0.2) is 22.3 Å². The molecule has 0 spiro atoms. The minimum absolute atomic E-state index is 0.0876. The topological polar surface area (TPSA) is 69.4 Å². The predicted molar refractivity (Wildman–Crippen MR) is 99.7 cm³/mol. The van der Waals surface area contributed by atoms with E-state index >= 15 is 0 Å². The molecule has 1 unspecified atom stereocenters. The van der Waals surface area contributed by atoms with Gasteiger partial charge in [0.15, 0.2) is 0 Å². The summed E-state index contributed by atoms with van der Waals surface area (Å²) in [5, 5.41) is 5.02. The number of allylic oxidation sites excluding steroid dienone is 1. The van der Waals surface area contributed by atoms with Gasteiger partial charge in [-0.1, -0.05) is 18.2 Å².